The number of nitrogens with two attached hydrogens (primary N) is 1. The van der Waals surface area contributed by atoms with Crippen molar-refractivity contribution in [3.8, 4) is 0 Å². The SMILES string of the molecule is N/C(=N/O)c1cccn1CCCN1CCCC1. The first-order valence-electron chi connectivity index (χ1n) is 6.16. The average molecular weight is 236 g/mol. The van der Waals surface area contributed by atoms with Crippen molar-refractivity contribution in [2.75, 3.05) is 19.6 Å². The van der Waals surface area contributed by atoms with E-state index in [0.717, 1.165) is 25.2 Å². The maximum atomic E-state index is 8.67. The minimum atomic E-state index is 0.177. The van der Waals surface area contributed by atoms with Gasteiger partial charge < -0.3 is 20.4 Å². The molecule has 0 amide bonds. The van der Waals surface area contributed by atoms with Crippen molar-refractivity contribution in [2.24, 2.45) is 10.9 Å². The molecule has 0 aromatic carbocycles. The van der Waals surface area contributed by atoms with Gasteiger partial charge in [-0.15, -0.1) is 0 Å². The van der Waals surface area contributed by atoms with Gasteiger partial charge in [-0.05, 0) is 51.0 Å². The molecule has 0 unspecified atom stereocenters. The molecule has 2 heterocycles. The minimum absolute atomic E-state index is 0.177. The minimum Gasteiger partial charge on any atom is -0.409 e. The van der Waals surface area contributed by atoms with Crippen molar-refractivity contribution in [1.29, 1.82) is 0 Å². The third-order valence-corrected chi connectivity index (χ3v) is 3.27. The van der Waals surface area contributed by atoms with Crippen LogP contribution in [0.4, 0.5) is 0 Å². The zero-order valence-corrected chi connectivity index (χ0v) is 10.0. The lowest BCUT2D eigenvalue weighted by Crippen LogP contribution is -2.23. The molecule has 0 saturated carbocycles. The number of amidine groups is 1. The Kier molecular flexibility index (Phi) is 4.03. The first kappa shape index (κ1) is 12.0. The summed E-state index contributed by atoms with van der Waals surface area (Å²) in [7, 11) is 0. The molecule has 94 valence electrons. The Balaban J connectivity index is 1.84. The number of nitrogens with zero attached hydrogens (tertiary/aromatic N) is 3. The van der Waals surface area contributed by atoms with E-state index in [2.05, 4.69) is 10.1 Å². The third kappa shape index (κ3) is 3.00. The molecule has 0 radical (unpaired) electrons. The van der Waals surface area contributed by atoms with Gasteiger partial charge in [-0.2, -0.15) is 0 Å². The lowest BCUT2D eigenvalue weighted by molar-refractivity contribution is 0.317. The summed E-state index contributed by atoms with van der Waals surface area (Å²) in [6, 6.07) is 3.79. The number of likely N-dealkylation sites (tertiary alicyclic amines) is 1. The van der Waals surface area contributed by atoms with Crippen LogP contribution in [0.15, 0.2) is 23.5 Å². The predicted octanol–water partition coefficient (Wildman–Crippen LogP) is 1.07. The number of aromatic nitrogens is 1. The van der Waals surface area contributed by atoms with E-state index in [1.807, 2.05) is 22.9 Å². The van der Waals surface area contributed by atoms with Crippen LogP contribution in [0.5, 0.6) is 0 Å². The molecule has 1 aliphatic rings. The van der Waals surface area contributed by atoms with E-state index in [1.165, 1.54) is 25.9 Å². The highest BCUT2D eigenvalue weighted by molar-refractivity contribution is 5.95. The second-order valence-corrected chi connectivity index (χ2v) is 4.47. The van der Waals surface area contributed by atoms with E-state index in [1.54, 1.807) is 0 Å². The Hall–Kier alpha value is -1.49. The van der Waals surface area contributed by atoms with Gasteiger partial charge in [-0.3, -0.25) is 0 Å². The highest BCUT2D eigenvalue weighted by atomic mass is 16.4. The summed E-state index contributed by atoms with van der Waals surface area (Å²) in [6.45, 7) is 4.51. The fourth-order valence-electron chi connectivity index (χ4n) is 2.36. The Morgan fingerprint density at radius 2 is 2.12 bits per heavy atom. The molecule has 1 aliphatic heterocycles. The van der Waals surface area contributed by atoms with E-state index in [0.29, 0.717) is 0 Å². The summed E-state index contributed by atoms with van der Waals surface area (Å²) in [5, 5.41) is 11.7. The Morgan fingerprint density at radius 1 is 1.35 bits per heavy atom. The Labute approximate surface area is 102 Å². The van der Waals surface area contributed by atoms with Crippen LogP contribution in [0.2, 0.25) is 0 Å². The van der Waals surface area contributed by atoms with Gasteiger partial charge in [0.15, 0.2) is 5.84 Å². The van der Waals surface area contributed by atoms with E-state index in [9.17, 15) is 0 Å². The van der Waals surface area contributed by atoms with E-state index in [4.69, 9.17) is 10.9 Å². The van der Waals surface area contributed by atoms with Crippen LogP contribution in [0, 0.1) is 0 Å². The number of oxime groups is 1. The molecule has 0 aliphatic carbocycles. The average Bonchev–Trinajstić information content (AvgIpc) is 2.99. The molecule has 1 fully saturated rings. The van der Waals surface area contributed by atoms with Crippen LogP contribution in [0.3, 0.4) is 0 Å². The number of hydrogen-bond donors (Lipinski definition) is 2. The van der Waals surface area contributed by atoms with E-state index >= 15 is 0 Å². The largest absolute Gasteiger partial charge is 0.409 e. The lowest BCUT2D eigenvalue weighted by Gasteiger charge is -2.15. The summed E-state index contributed by atoms with van der Waals surface area (Å²) in [5.74, 6) is 0.177. The van der Waals surface area contributed by atoms with Gasteiger partial charge in [0.1, 0.15) is 0 Å². The lowest BCUT2D eigenvalue weighted by atomic mass is 10.3. The zero-order chi connectivity index (χ0) is 12.1. The molecular weight excluding hydrogens is 216 g/mol. The third-order valence-electron chi connectivity index (χ3n) is 3.27. The molecule has 0 atom stereocenters. The van der Waals surface area contributed by atoms with Gasteiger partial charge in [0.2, 0.25) is 0 Å². The first-order valence-corrected chi connectivity index (χ1v) is 6.16. The molecule has 0 spiro atoms. The Morgan fingerprint density at radius 3 is 2.82 bits per heavy atom. The zero-order valence-electron chi connectivity index (χ0n) is 10.0. The standard InChI is InChI=1S/C12H20N4O/c13-12(14-17)11-5-3-9-16(11)10-4-8-15-6-1-2-7-15/h3,5,9,17H,1-2,4,6-8,10H2,(H2,13,14). The van der Waals surface area contributed by atoms with Gasteiger partial charge in [-0.1, -0.05) is 5.16 Å². The smallest absolute Gasteiger partial charge is 0.186 e. The topological polar surface area (TPSA) is 66.8 Å². The molecule has 2 rings (SSSR count). The van der Waals surface area contributed by atoms with Gasteiger partial charge >= 0.3 is 0 Å². The molecule has 5 heteroatoms. The predicted molar refractivity (Wildman–Crippen MR) is 67.2 cm³/mol. The van der Waals surface area contributed by atoms with Gasteiger partial charge in [0.25, 0.3) is 0 Å². The van der Waals surface area contributed by atoms with E-state index in [-0.39, 0.29) is 5.84 Å². The first-order chi connectivity index (χ1) is 8.31. The van der Waals surface area contributed by atoms with Crippen molar-refractivity contribution in [3.05, 3.63) is 24.0 Å². The molecule has 1 saturated heterocycles. The quantitative estimate of drug-likeness (QED) is 0.348. The fraction of sp³-hybridized carbons (Fsp3) is 0.583. The maximum absolute atomic E-state index is 8.67. The van der Waals surface area contributed by atoms with Crippen LogP contribution in [-0.2, 0) is 6.54 Å². The van der Waals surface area contributed by atoms with Crippen LogP contribution < -0.4 is 5.73 Å². The second kappa shape index (κ2) is 5.72. The summed E-state index contributed by atoms with van der Waals surface area (Å²) in [6.07, 6.45) is 5.73. The van der Waals surface area contributed by atoms with Gasteiger partial charge in [0.05, 0.1) is 5.69 Å². The molecule has 3 N–H and O–H groups in total. The molecule has 0 bridgehead atoms. The Bertz CT molecular complexity index is 380. The fourth-order valence-corrected chi connectivity index (χ4v) is 2.36. The van der Waals surface area contributed by atoms with Crippen molar-refractivity contribution >= 4 is 5.84 Å². The van der Waals surface area contributed by atoms with Gasteiger partial charge in [0, 0.05) is 12.7 Å². The highest BCUT2D eigenvalue weighted by Crippen LogP contribution is 2.09. The van der Waals surface area contributed by atoms with Crippen molar-refractivity contribution in [1.82, 2.24) is 9.47 Å². The van der Waals surface area contributed by atoms with Gasteiger partial charge in [-0.25, -0.2) is 0 Å². The summed E-state index contributed by atoms with van der Waals surface area (Å²) in [4.78, 5) is 2.49. The van der Waals surface area contributed by atoms with Crippen molar-refractivity contribution in [2.45, 2.75) is 25.8 Å². The second-order valence-electron chi connectivity index (χ2n) is 4.47. The summed E-state index contributed by atoms with van der Waals surface area (Å²) >= 11 is 0. The van der Waals surface area contributed by atoms with Crippen LogP contribution in [-0.4, -0.2) is 40.1 Å². The molecular formula is C12H20N4O. The highest BCUT2D eigenvalue weighted by Gasteiger charge is 2.11. The van der Waals surface area contributed by atoms with E-state index < -0.39 is 0 Å². The normalized spacial score (nSPS) is 17.8. The van der Waals surface area contributed by atoms with Crippen LogP contribution >= 0.6 is 0 Å². The summed E-state index contributed by atoms with van der Waals surface area (Å²) in [5.41, 5.74) is 6.39. The van der Waals surface area contributed by atoms with Crippen molar-refractivity contribution in [3.63, 3.8) is 0 Å². The number of aryl methyl sites for hydroxylation is 1. The molecule has 17 heavy (non-hydrogen) atoms. The molecule has 1 aromatic rings. The molecule has 1 aromatic heterocycles. The summed E-state index contributed by atoms with van der Waals surface area (Å²) < 4.78 is 2.03. The van der Waals surface area contributed by atoms with Crippen LogP contribution in [0.1, 0.15) is 25.0 Å². The number of hydrogen-bond acceptors (Lipinski definition) is 3. The van der Waals surface area contributed by atoms with Crippen LogP contribution in [0.25, 0.3) is 0 Å². The molecule has 5 nitrogen and oxygen atoms in total. The maximum Gasteiger partial charge on any atom is 0.186 e. The van der Waals surface area contributed by atoms with Crippen molar-refractivity contribution < 1.29 is 5.21 Å². The number of rotatable bonds is 5. The monoisotopic (exact) mass is 236 g/mol.